The van der Waals surface area contributed by atoms with Crippen LogP contribution in [0.4, 0.5) is 14.6 Å². The number of benzene rings is 1. The molecule has 6 rings (SSSR count). The van der Waals surface area contributed by atoms with Crippen LogP contribution in [0.15, 0.2) is 30.6 Å². The summed E-state index contributed by atoms with van der Waals surface area (Å²) in [6.45, 7) is 4.86. The molecule has 0 amide bonds. The molecule has 136 valence electrons. The molecule has 2 bridgehead atoms. The average molecular weight is 356 g/mol. The monoisotopic (exact) mass is 356 g/mol. The predicted octanol–water partition coefficient (Wildman–Crippen LogP) is 3.13. The second-order valence-electron chi connectivity index (χ2n) is 7.83. The molecule has 0 aliphatic carbocycles. The summed E-state index contributed by atoms with van der Waals surface area (Å²) in [4.78, 5) is 13.6. The number of aryl methyl sites for hydroxylation is 1. The molecule has 6 heteroatoms. The summed E-state index contributed by atoms with van der Waals surface area (Å²) < 4.78 is 27.8. The molecular formula is C20H22F2N4. The normalized spacial score (nSPS) is 32.7. The van der Waals surface area contributed by atoms with Gasteiger partial charge in [0.2, 0.25) is 0 Å². The Labute approximate surface area is 151 Å². The van der Waals surface area contributed by atoms with E-state index in [1.54, 1.807) is 6.33 Å². The Morgan fingerprint density at radius 2 is 1.69 bits per heavy atom. The molecular weight excluding hydrogens is 334 g/mol. The number of aromatic nitrogens is 2. The topological polar surface area (TPSA) is 32.3 Å². The Kier molecular flexibility index (Phi) is 3.71. The van der Waals surface area contributed by atoms with Crippen LogP contribution in [-0.2, 0) is 0 Å². The summed E-state index contributed by atoms with van der Waals surface area (Å²) in [7, 11) is 0. The van der Waals surface area contributed by atoms with Crippen molar-refractivity contribution in [3.63, 3.8) is 0 Å². The van der Waals surface area contributed by atoms with Crippen molar-refractivity contribution < 1.29 is 8.78 Å². The molecule has 4 nitrogen and oxygen atoms in total. The highest BCUT2D eigenvalue weighted by molar-refractivity contribution is 5.47. The van der Waals surface area contributed by atoms with Crippen molar-refractivity contribution in [1.29, 1.82) is 0 Å². The van der Waals surface area contributed by atoms with Crippen LogP contribution >= 0.6 is 0 Å². The van der Waals surface area contributed by atoms with Crippen molar-refractivity contribution >= 4 is 5.82 Å². The molecule has 0 radical (unpaired) electrons. The first-order valence-corrected chi connectivity index (χ1v) is 9.35. The van der Waals surface area contributed by atoms with Crippen molar-refractivity contribution in [2.24, 2.45) is 5.92 Å². The van der Waals surface area contributed by atoms with E-state index in [2.05, 4.69) is 19.8 Å². The van der Waals surface area contributed by atoms with Gasteiger partial charge in [-0.3, -0.25) is 4.90 Å². The first kappa shape index (κ1) is 16.1. The minimum Gasteiger partial charge on any atom is -0.351 e. The molecule has 2 aromatic rings. The Morgan fingerprint density at radius 1 is 0.962 bits per heavy atom. The highest BCUT2D eigenvalue weighted by Gasteiger charge is 2.53. The smallest absolute Gasteiger partial charge is 0.132 e. The molecule has 0 saturated carbocycles. The zero-order valence-electron chi connectivity index (χ0n) is 14.8. The summed E-state index contributed by atoms with van der Waals surface area (Å²) in [5, 5.41) is 0. The van der Waals surface area contributed by atoms with Crippen LogP contribution in [0.3, 0.4) is 0 Å². The highest BCUT2D eigenvalue weighted by atomic mass is 19.1. The largest absolute Gasteiger partial charge is 0.351 e. The van der Waals surface area contributed by atoms with Crippen LogP contribution in [0.5, 0.6) is 0 Å². The van der Waals surface area contributed by atoms with Crippen LogP contribution < -0.4 is 4.90 Å². The number of halogens is 2. The molecule has 26 heavy (non-hydrogen) atoms. The lowest BCUT2D eigenvalue weighted by Gasteiger charge is -2.51. The van der Waals surface area contributed by atoms with Crippen molar-refractivity contribution in [3.8, 4) is 0 Å². The van der Waals surface area contributed by atoms with E-state index < -0.39 is 11.6 Å². The fourth-order valence-electron chi connectivity index (χ4n) is 5.36. The van der Waals surface area contributed by atoms with Gasteiger partial charge in [-0.1, -0.05) is 0 Å². The van der Waals surface area contributed by atoms with Gasteiger partial charge in [-0.05, 0) is 56.5 Å². The standard InChI is InChI=1S/C20H22F2N4/c1-12-6-18(24-11-23-12)26-10-17(14-7-15(21)9-16(22)8-14)20-19(26)13-2-4-25(20)5-3-13/h6-9,11,13,17,19-20H,2-5,10H2,1H3/t17-,19-,20-/m1/s1. The maximum absolute atomic E-state index is 13.9. The number of piperidine rings is 3. The molecule has 5 heterocycles. The van der Waals surface area contributed by atoms with E-state index in [0.29, 0.717) is 18.0 Å². The third-order valence-corrected chi connectivity index (χ3v) is 6.39. The first-order valence-electron chi connectivity index (χ1n) is 9.35. The van der Waals surface area contributed by atoms with E-state index >= 15 is 0 Å². The Balaban J connectivity index is 1.58. The zero-order valence-corrected chi connectivity index (χ0v) is 14.8. The average Bonchev–Trinajstić information content (AvgIpc) is 3.05. The molecule has 4 aliphatic heterocycles. The molecule has 1 aromatic carbocycles. The zero-order chi connectivity index (χ0) is 17.8. The third-order valence-electron chi connectivity index (χ3n) is 6.39. The van der Waals surface area contributed by atoms with Gasteiger partial charge >= 0.3 is 0 Å². The van der Waals surface area contributed by atoms with E-state index in [4.69, 9.17) is 0 Å². The molecule has 0 N–H and O–H groups in total. The SMILES string of the molecule is Cc1cc(N2C[C@H](c3cc(F)cc(F)c3)[C@@H]3[C@H]2C2CCN3CC2)ncn1. The molecule has 4 fully saturated rings. The van der Waals surface area contributed by atoms with Crippen LogP contribution in [0, 0.1) is 24.5 Å². The number of fused-ring (bicyclic) bond motifs is 2. The molecule has 1 aromatic heterocycles. The quantitative estimate of drug-likeness (QED) is 0.828. The van der Waals surface area contributed by atoms with Gasteiger partial charge in [0, 0.05) is 42.4 Å². The minimum atomic E-state index is -0.496. The van der Waals surface area contributed by atoms with Gasteiger partial charge in [0.05, 0.1) is 0 Å². The van der Waals surface area contributed by atoms with Crippen molar-refractivity contribution in [2.75, 3.05) is 24.5 Å². The summed E-state index contributed by atoms with van der Waals surface area (Å²) in [6.07, 6.45) is 3.98. The van der Waals surface area contributed by atoms with Crippen molar-refractivity contribution in [2.45, 2.75) is 37.8 Å². The number of anilines is 1. The number of rotatable bonds is 2. The lowest BCUT2D eigenvalue weighted by atomic mass is 9.75. The molecule has 4 saturated heterocycles. The fraction of sp³-hybridized carbons (Fsp3) is 0.500. The van der Waals surface area contributed by atoms with E-state index in [1.165, 1.54) is 25.0 Å². The number of nitrogens with zero attached hydrogens (tertiary/aromatic N) is 4. The van der Waals surface area contributed by atoms with E-state index in [0.717, 1.165) is 42.8 Å². The first-order chi connectivity index (χ1) is 12.6. The summed E-state index contributed by atoms with van der Waals surface area (Å²) in [5.41, 5.74) is 1.70. The van der Waals surface area contributed by atoms with Gasteiger partial charge in [-0.25, -0.2) is 18.7 Å². The number of hydrogen-bond donors (Lipinski definition) is 0. The van der Waals surface area contributed by atoms with Crippen LogP contribution in [-0.4, -0.2) is 46.6 Å². The van der Waals surface area contributed by atoms with Gasteiger partial charge in [-0.2, -0.15) is 0 Å². The summed E-state index contributed by atoms with van der Waals surface area (Å²) in [6, 6.07) is 6.62. The third kappa shape index (κ3) is 2.50. The lowest BCUT2D eigenvalue weighted by molar-refractivity contribution is 0.0354. The van der Waals surface area contributed by atoms with Crippen molar-refractivity contribution in [1.82, 2.24) is 14.9 Å². The summed E-state index contributed by atoms with van der Waals surface area (Å²) in [5.74, 6) is 0.639. The van der Waals surface area contributed by atoms with Crippen molar-refractivity contribution in [3.05, 3.63) is 53.5 Å². The van der Waals surface area contributed by atoms with Gasteiger partial charge in [-0.15, -0.1) is 0 Å². The molecule has 0 spiro atoms. The van der Waals surface area contributed by atoms with Crippen LogP contribution in [0.25, 0.3) is 0 Å². The summed E-state index contributed by atoms with van der Waals surface area (Å²) >= 11 is 0. The highest BCUT2D eigenvalue weighted by Crippen LogP contribution is 2.47. The molecule has 0 unspecified atom stereocenters. The Bertz CT molecular complexity index is 814. The Hall–Kier alpha value is -2.08. The van der Waals surface area contributed by atoms with E-state index in [9.17, 15) is 8.78 Å². The van der Waals surface area contributed by atoms with Gasteiger partial charge in [0.15, 0.2) is 0 Å². The maximum Gasteiger partial charge on any atom is 0.132 e. The lowest BCUT2D eigenvalue weighted by Crippen LogP contribution is -2.60. The second kappa shape index (κ2) is 5.98. The minimum absolute atomic E-state index is 0.0866. The number of hydrogen-bond acceptors (Lipinski definition) is 4. The Morgan fingerprint density at radius 3 is 2.38 bits per heavy atom. The maximum atomic E-state index is 13.9. The van der Waals surface area contributed by atoms with Crippen LogP contribution in [0.2, 0.25) is 0 Å². The van der Waals surface area contributed by atoms with E-state index in [1.807, 2.05) is 13.0 Å². The second-order valence-corrected chi connectivity index (χ2v) is 7.83. The fourth-order valence-corrected chi connectivity index (χ4v) is 5.36. The molecule has 4 aliphatic rings. The van der Waals surface area contributed by atoms with Gasteiger partial charge < -0.3 is 4.90 Å². The van der Waals surface area contributed by atoms with E-state index in [-0.39, 0.29) is 5.92 Å². The van der Waals surface area contributed by atoms with Gasteiger partial charge in [0.25, 0.3) is 0 Å². The van der Waals surface area contributed by atoms with Gasteiger partial charge in [0.1, 0.15) is 23.8 Å². The molecule has 3 atom stereocenters. The van der Waals surface area contributed by atoms with Crippen LogP contribution in [0.1, 0.15) is 30.0 Å². The predicted molar refractivity (Wildman–Crippen MR) is 95.1 cm³/mol.